The molecule has 0 aliphatic carbocycles. The van der Waals surface area contributed by atoms with Crippen molar-refractivity contribution in [2.45, 2.75) is 0 Å². The summed E-state index contributed by atoms with van der Waals surface area (Å²) in [7, 11) is 4.56. The summed E-state index contributed by atoms with van der Waals surface area (Å²) in [6.45, 7) is 0. The number of urea groups is 1. The van der Waals surface area contributed by atoms with Crippen molar-refractivity contribution in [2.75, 3.05) is 26.6 Å². The molecule has 0 spiro atoms. The smallest absolute Gasteiger partial charge is 0.347 e. The van der Waals surface area contributed by atoms with Gasteiger partial charge in [0.25, 0.3) is 0 Å². The van der Waals surface area contributed by atoms with Gasteiger partial charge in [-0.05, 0) is 24.3 Å². The topological polar surface area (TPSA) is 63.7 Å². The number of aromatic nitrogens is 1. The standard InChI is InChI=1S/C13H15N3O3S/c1-16(19-3)13(17)15-12-14-11(8-20-12)9-4-6-10(18-2)7-5-9/h4-8H,1-3H3,(H,14,15,17). The first-order chi connectivity index (χ1) is 9.63. The molecule has 0 radical (unpaired) electrons. The molecule has 2 amide bonds. The van der Waals surface area contributed by atoms with Crippen molar-refractivity contribution < 1.29 is 14.4 Å². The molecule has 106 valence electrons. The molecule has 0 saturated heterocycles. The Balaban J connectivity index is 2.10. The Labute approximate surface area is 120 Å². The minimum absolute atomic E-state index is 0.372. The monoisotopic (exact) mass is 293 g/mol. The summed E-state index contributed by atoms with van der Waals surface area (Å²) in [5.41, 5.74) is 1.76. The summed E-state index contributed by atoms with van der Waals surface area (Å²) in [4.78, 5) is 20.8. The Bertz CT molecular complexity index is 583. The number of nitrogens with zero attached hydrogens (tertiary/aromatic N) is 2. The Morgan fingerprint density at radius 2 is 2.00 bits per heavy atom. The largest absolute Gasteiger partial charge is 0.497 e. The summed E-state index contributed by atoms with van der Waals surface area (Å²) in [5.74, 6) is 0.791. The lowest BCUT2D eigenvalue weighted by Crippen LogP contribution is -2.30. The lowest BCUT2D eigenvalue weighted by atomic mass is 10.2. The van der Waals surface area contributed by atoms with Crippen LogP contribution in [0.1, 0.15) is 0 Å². The van der Waals surface area contributed by atoms with Crippen LogP contribution in [0, 0.1) is 0 Å². The van der Waals surface area contributed by atoms with Gasteiger partial charge in [-0.2, -0.15) is 0 Å². The van der Waals surface area contributed by atoms with Crippen molar-refractivity contribution in [3.8, 4) is 17.0 Å². The second kappa shape index (κ2) is 6.36. The van der Waals surface area contributed by atoms with Crippen molar-refractivity contribution in [3.05, 3.63) is 29.6 Å². The first-order valence-corrected chi connectivity index (χ1v) is 6.70. The van der Waals surface area contributed by atoms with Crippen molar-refractivity contribution in [1.29, 1.82) is 0 Å². The van der Waals surface area contributed by atoms with Gasteiger partial charge < -0.3 is 4.74 Å². The number of ether oxygens (including phenoxy) is 1. The maximum Gasteiger partial charge on any atom is 0.347 e. The van der Waals surface area contributed by atoms with Crippen molar-refractivity contribution >= 4 is 22.5 Å². The minimum atomic E-state index is -0.372. The van der Waals surface area contributed by atoms with Crippen LogP contribution in [0.2, 0.25) is 0 Å². The van der Waals surface area contributed by atoms with E-state index in [4.69, 9.17) is 9.57 Å². The van der Waals surface area contributed by atoms with Crippen LogP contribution in [-0.4, -0.2) is 37.3 Å². The van der Waals surface area contributed by atoms with Crippen molar-refractivity contribution in [3.63, 3.8) is 0 Å². The van der Waals surface area contributed by atoms with E-state index in [9.17, 15) is 4.79 Å². The van der Waals surface area contributed by atoms with E-state index in [1.807, 2.05) is 29.6 Å². The number of amides is 2. The SMILES string of the molecule is COc1ccc(-c2csc(NC(=O)N(C)OC)n2)cc1. The average molecular weight is 293 g/mol. The lowest BCUT2D eigenvalue weighted by Gasteiger charge is -2.12. The summed E-state index contributed by atoms with van der Waals surface area (Å²) in [6, 6.07) is 7.20. The molecule has 2 rings (SSSR count). The molecule has 0 aliphatic heterocycles. The van der Waals surface area contributed by atoms with E-state index in [2.05, 4.69) is 10.3 Å². The highest BCUT2D eigenvalue weighted by Crippen LogP contribution is 2.26. The highest BCUT2D eigenvalue weighted by molar-refractivity contribution is 7.14. The van der Waals surface area contributed by atoms with E-state index in [0.717, 1.165) is 22.1 Å². The highest BCUT2D eigenvalue weighted by Gasteiger charge is 2.11. The van der Waals surface area contributed by atoms with Crippen molar-refractivity contribution in [1.82, 2.24) is 10.0 Å². The van der Waals surface area contributed by atoms with Gasteiger partial charge in [-0.25, -0.2) is 14.8 Å². The highest BCUT2D eigenvalue weighted by atomic mass is 32.1. The number of thiazole rings is 1. The molecule has 1 aromatic heterocycles. The zero-order valence-electron chi connectivity index (χ0n) is 11.4. The lowest BCUT2D eigenvalue weighted by molar-refractivity contribution is -0.0598. The number of methoxy groups -OCH3 is 1. The number of carbonyl (C=O) groups is 1. The molecule has 0 bridgehead atoms. The van der Waals surface area contributed by atoms with Gasteiger partial charge in [0.05, 0.1) is 19.9 Å². The molecule has 0 fully saturated rings. The number of benzene rings is 1. The number of carbonyl (C=O) groups excluding carboxylic acids is 1. The molecule has 0 aliphatic rings. The molecule has 1 heterocycles. The summed E-state index contributed by atoms with van der Waals surface area (Å²) < 4.78 is 5.11. The quantitative estimate of drug-likeness (QED) is 0.880. The van der Waals surface area contributed by atoms with E-state index >= 15 is 0 Å². The first-order valence-electron chi connectivity index (χ1n) is 5.83. The third kappa shape index (κ3) is 3.25. The van der Waals surface area contributed by atoms with Gasteiger partial charge in [-0.1, -0.05) is 0 Å². The van der Waals surface area contributed by atoms with Crippen LogP contribution in [0.5, 0.6) is 5.75 Å². The zero-order chi connectivity index (χ0) is 14.5. The Kier molecular flexibility index (Phi) is 4.54. The average Bonchev–Trinajstić information content (AvgIpc) is 2.94. The number of rotatable bonds is 4. The van der Waals surface area contributed by atoms with Gasteiger partial charge in [-0.3, -0.25) is 10.2 Å². The second-order valence-electron chi connectivity index (χ2n) is 3.88. The molecule has 2 aromatic rings. The molecule has 0 atom stereocenters. The molecule has 20 heavy (non-hydrogen) atoms. The fourth-order valence-electron chi connectivity index (χ4n) is 1.48. The van der Waals surface area contributed by atoms with E-state index in [-0.39, 0.29) is 6.03 Å². The van der Waals surface area contributed by atoms with Crippen LogP contribution >= 0.6 is 11.3 Å². The molecular weight excluding hydrogens is 278 g/mol. The van der Waals surface area contributed by atoms with Gasteiger partial charge >= 0.3 is 6.03 Å². The fraction of sp³-hybridized carbons (Fsp3) is 0.231. The Morgan fingerprint density at radius 1 is 1.30 bits per heavy atom. The number of nitrogens with one attached hydrogen (secondary N) is 1. The van der Waals surface area contributed by atoms with Gasteiger partial charge in [-0.15, -0.1) is 11.3 Å². The summed E-state index contributed by atoms with van der Waals surface area (Å²) >= 11 is 1.35. The molecule has 0 saturated carbocycles. The zero-order valence-corrected chi connectivity index (χ0v) is 12.2. The van der Waals surface area contributed by atoms with Gasteiger partial charge in [0.15, 0.2) is 5.13 Å². The second-order valence-corrected chi connectivity index (χ2v) is 4.73. The van der Waals surface area contributed by atoms with Gasteiger partial charge in [0.1, 0.15) is 5.75 Å². The number of hydrogen-bond donors (Lipinski definition) is 1. The van der Waals surface area contributed by atoms with Crippen LogP contribution in [0.4, 0.5) is 9.93 Å². The van der Waals surface area contributed by atoms with Gasteiger partial charge in [0, 0.05) is 18.0 Å². The van der Waals surface area contributed by atoms with Crippen LogP contribution in [-0.2, 0) is 4.84 Å². The first kappa shape index (κ1) is 14.3. The normalized spacial score (nSPS) is 10.2. The molecule has 1 aromatic carbocycles. The third-order valence-electron chi connectivity index (χ3n) is 2.66. The molecule has 6 nitrogen and oxygen atoms in total. The molecular formula is C13H15N3O3S. The fourth-order valence-corrected chi connectivity index (χ4v) is 2.19. The van der Waals surface area contributed by atoms with E-state index in [1.54, 1.807) is 7.11 Å². The van der Waals surface area contributed by atoms with Gasteiger partial charge in [0.2, 0.25) is 0 Å². The van der Waals surface area contributed by atoms with Crippen LogP contribution in [0.15, 0.2) is 29.6 Å². The van der Waals surface area contributed by atoms with Crippen molar-refractivity contribution in [2.24, 2.45) is 0 Å². The maximum atomic E-state index is 11.6. The maximum absolute atomic E-state index is 11.6. The van der Waals surface area contributed by atoms with E-state index < -0.39 is 0 Å². The predicted molar refractivity (Wildman–Crippen MR) is 77.9 cm³/mol. The van der Waals surface area contributed by atoms with Crippen LogP contribution in [0.3, 0.4) is 0 Å². The van der Waals surface area contributed by atoms with Crippen LogP contribution in [0.25, 0.3) is 11.3 Å². The number of hydroxylamine groups is 2. The summed E-state index contributed by atoms with van der Waals surface area (Å²) in [6.07, 6.45) is 0. The summed E-state index contributed by atoms with van der Waals surface area (Å²) in [5, 5.41) is 6.14. The number of anilines is 1. The predicted octanol–water partition coefficient (Wildman–Crippen LogP) is 2.84. The molecule has 1 N–H and O–H groups in total. The molecule has 7 heteroatoms. The van der Waals surface area contributed by atoms with Crippen LogP contribution < -0.4 is 10.1 Å². The third-order valence-corrected chi connectivity index (χ3v) is 3.42. The minimum Gasteiger partial charge on any atom is -0.497 e. The Morgan fingerprint density at radius 3 is 2.60 bits per heavy atom. The van der Waals surface area contributed by atoms with E-state index in [0.29, 0.717) is 5.13 Å². The Hall–Kier alpha value is -2.12. The number of hydrogen-bond acceptors (Lipinski definition) is 5. The van der Waals surface area contributed by atoms with E-state index in [1.165, 1.54) is 25.5 Å². The molecule has 0 unspecified atom stereocenters.